The number of nitrogens with zero attached hydrogens (tertiary/aromatic N) is 1. The van der Waals surface area contributed by atoms with E-state index in [1.165, 1.54) is 51.7 Å². The van der Waals surface area contributed by atoms with Crippen molar-refractivity contribution in [2.45, 2.75) is 58.0 Å². The molecule has 2 aliphatic heterocycles. The summed E-state index contributed by atoms with van der Waals surface area (Å²) in [6.07, 6.45) is 6.50. The predicted octanol–water partition coefficient (Wildman–Crippen LogP) is 2.27. The summed E-state index contributed by atoms with van der Waals surface area (Å²) in [6.45, 7) is 10.4. The maximum atomic E-state index is 5.46. The third-order valence-corrected chi connectivity index (χ3v) is 4.55. The molecule has 0 amide bonds. The van der Waals surface area contributed by atoms with Gasteiger partial charge in [-0.25, -0.2) is 0 Å². The summed E-state index contributed by atoms with van der Waals surface area (Å²) in [5.74, 6) is 0.827. The second kappa shape index (κ2) is 7.46. The first-order chi connectivity index (χ1) is 8.79. The van der Waals surface area contributed by atoms with Crippen LogP contribution in [-0.4, -0.2) is 49.8 Å². The molecule has 0 aromatic carbocycles. The monoisotopic (exact) mass is 254 g/mol. The van der Waals surface area contributed by atoms with Crippen molar-refractivity contribution in [1.29, 1.82) is 0 Å². The summed E-state index contributed by atoms with van der Waals surface area (Å²) in [4.78, 5) is 2.68. The lowest BCUT2D eigenvalue weighted by atomic mass is 9.96. The molecule has 0 spiro atoms. The van der Waals surface area contributed by atoms with Crippen LogP contribution in [0.25, 0.3) is 0 Å². The zero-order valence-electron chi connectivity index (χ0n) is 12.2. The topological polar surface area (TPSA) is 24.5 Å². The first-order valence-corrected chi connectivity index (χ1v) is 7.84. The van der Waals surface area contributed by atoms with Gasteiger partial charge in [0, 0.05) is 25.3 Å². The molecule has 18 heavy (non-hydrogen) atoms. The Morgan fingerprint density at radius 1 is 1.33 bits per heavy atom. The third-order valence-electron chi connectivity index (χ3n) is 4.55. The second-order valence-electron chi connectivity index (χ2n) is 6.08. The first-order valence-electron chi connectivity index (χ1n) is 7.84. The van der Waals surface area contributed by atoms with E-state index >= 15 is 0 Å². The van der Waals surface area contributed by atoms with E-state index in [2.05, 4.69) is 24.1 Å². The molecule has 106 valence electrons. The Morgan fingerprint density at radius 3 is 2.89 bits per heavy atom. The normalized spacial score (nSPS) is 34.0. The van der Waals surface area contributed by atoms with E-state index in [0.29, 0.717) is 0 Å². The molecule has 0 aromatic heterocycles. The van der Waals surface area contributed by atoms with Crippen molar-refractivity contribution < 1.29 is 4.74 Å². The van der Waals surface area contributed by atoms with Crippen molar-refractivity contribution >= 4 is 0 Å². The molecule has 0 saturated carbocycles. The van der Waals surface area contributed by atoms with Gasteiger partial charge in [0.1, 0.15) is 0 Å². The Hall–Kier alpha value is -0.120. The molecule has 0 aliphatic carbocycles. The highest BCUT2D eigenvalue weighted by atomic mass is 16.5. The molecule has 2 saturated heterocycles. The number of rotatable bonds is 6. The van der Waals surface area contributed by atoms with Gasteiger partial charge in [-0.15, -0.1) is 0 Å². The summed E-state index contributed by atoms with van der Waals surface area (Å²) >= 11 is 0. The van der Waals surface area contributed by atoms with Crippen molar-refractivity contribution in [3.63, 3.8) is 0 Å². The maximum absolute atomic E-state index is 5.46. The molecule has 2 heterocycles. The summed E-state index contributed by atoms with van der Waals surface area (Å²) in [5, 5.41) is 3.67. The van der Waals surface area contributed by atoms with Crippen LogP contribution in [0.2, 0.25) is 0 Å². The molecule has 2 aliphatic rings. The Morgan fingerprint density at radius 2 is 2.22 bits per heavy atom. The van der Waals surface area contributed by atoms with Gasteiger partial charge in [0.2, 0.25) is 0 Å². The van der Waals surface area contributed by atoms with Gasteiger partial charge >= 0.3 is 0 Å². The van der Waals surface area contributed by atoms with Gasteiger partial charge in [0.15, 0.2) is 0 Å². The zero-order chi connectivity index (χ0) is 12.8. The number of hydrogen-bond acceptors (Lipinski definition) is 3. The molecular weight excluding hydrogens is 224 g/mol. The maximum Gasteiger partial charge on any atom is 0.0495 e. The largest absolute Gasteiger partial charge is 0.381 e. The molecule has 3 nitrogen and oxygen atoms in total. The summed E-state index contributed by atoms with van der Waals surface area (Å²) in [6, 6.07) is 1.50. The van der Waals surface area contributed by atoms with E-state index in [1.54, 1.807) is 0 Å². The number of ether oxygens (including phenoxy) is 1. The van der Waals surface area contributed by atoms with Gasteiger partial charge in [-0.1, -0.05) is 6.92 Å². The Kier molecular flexibility index (Phi) is 5.93. The zero-order valence-corrected chi connectivity index (χ0v) is 12.2. The summed E-state index contributed by atoms with van der Waals surface area (Å²) in [5.41, 5.74) is 0. The van der Waals surface area contributed by atoms with Crippen LogP contribution in [-0.2, 0) is 4.74 Å². The Balaban J connectivity index is 1.65. The molecule has 0 radical (unpaired) electrons. The molecule has 2 rings (SSSR count). The number of piperidine rings is 1. The molecule has 3 atom stereocenters. The van der Waals surface area contributed by atoms with Crippen LogP contribution in [0.4, 0.5) is 0 Å². The Labute approximate surface area is 112 Å². The lowest BCUT2D eigenvalue weighted by Crippen LogP contribution is -2.48. The minimum atomic E-state index is 0.746. The van der Waals surface area contributed by atoms with E-state index in [9.17, 15) is 0 Å². The van der Waals surface area contributed by atoms with Gasteiger partial charge in [-0.3, -0.25) is 0 Å². The van der Waals surface area contributed by atoms with E-state index in [0.717, 1.165) is 31.2 Å². The lowest BCUT2D eigenvalue weighted by Gasteiger charge is -2.38. The first kappa shape index (κ1) is 14.3. The van der Waals surface area contributed by atoms with Crippen LogP contribution in [0, 0.1) is 5.92 Å². The average Bonchev–Trinajstić information content (AvgIpc) is 2.88. The molecule has 1 N–H and O–H groups in total. The van der Waals surface area contributed by atoms with Crippen molar-refractivity contribution in [2.24, 2.45) is 5.92 Å². The van der Waals surface area contributed by atoms with Crippen LogP contribution in [0.1, 0.15) is 46.0 Å². The minimum Gasteiger partial charge on any atom is -0.381 e. The molecular formula is C15H30N2O. The van der Waals surface area contributed by atoms with Crippen LogP contribution >= 0.6 is 0 Å². The van der Waals surface area contributed by atoms with Crippen molar-refractivity contribution in [3.05, 3.63) is 0 Å². The van der Waals surface area contributed by atoms with Gasteiger partial charge in [-0.2, -0.15) is 0 Å². The fraction of sp³-hybridized carbons (Fsp3) is 1.00. The van der Waals surface area contributed by atoms with E-state index in [-0.39, 0.29) is 0 Å². The highest BCUT2D eigenvalue weighted by Crippen LogP contribution is 2.21. The molecule has 2 fully saturated rings. The molecule has 3 unspecified atom stereocenters. The summed E-state index contributed by atoms with van der Waals surface area (Å²) < 4.78 is 5.46. The van der Waals surface area contributed by atoms with Crippen molar-refractivity contribution in [3.8, 4) is 0 Å². The number of nitrogens with one attached hydrogen (secondary N) is 1. The van der Waals surface area contributed by atoms with Gasteiger partial charge in [0.25, 0.3) is 0 Å². The quantitative estimate of drug-likeness (QED) is 0.787. The fourth-order valence-electron chi connectivity index (χ4n) is 3.25. The standard InChI is InChI=1S/C15H30N2O/c1-3-7-16-15-5-9-17(13(2)11-15)8-4-14-6-10-18-12-14/h13-16H,3-12H2,1-2H3. The SMILES string of the molecule is CCCNC1CCN(CCC2CCOC2)C(C)C1. The van der Waals surface area contributed by atoms with Crippen LogP contribution in [0.15, 0.2) is 0 Å². The lowest BCUT2D eigenvalue weighted by molar-refractivity contribution is 0.124. The van der Waals surface area contributed by atoms with E-state index in [1.807, 2.05) is 0 Å². The highest BCUT2D eigenvalue weighted by molar-refractivity contribution is 4.83. The fourth-order valence-corrected chi connectivity index (χ4v) is 3.25. The van der Waals surface area contributed by atoms with Crippen LogP contribution < -0.4 is 5.32 Å². The van der Waals surface area contributed by atoms with Gasteiger partial charge in [0.05, 0.1) is 0 Å². The van der Waals surface area contributed by atoms with Crippen molar-refractivity contribution in [1.82, 2.24) is 10.2 Å². The predicted molar refractivity (Wildman–Crippen MR) is 75.9 cm³/mol. The van der Waals surface area contributed by atoms with Crippen LogP contribution in [0.3, 0.4) is 0 Å². The van der Waals surface area contributed by atoms with Crippen molar-refractivity contribution in [2.75, 3.05) is 32.8 Å². The second-order valence-corrected chi connectivity index (χ2v) is 6.08. The third kappa shape index (κ3) is 4.22. The average molecular weight is 254 g/mol. The van der Waals surface area contributed by atoms with Gasteiger partial charge in [-0.05, 0) is 64.6 Å². The number of likely N-dealkylation sites (tertiary alicyclic amines) is 1. The molecule has 3 heteroatoms. The minimum absolute atomic E-state index is 0.746. The Bertz CT molecular complexity index is 229. The van der Waals surface area contributed by atoms with Gasteiger partial charge < -0.3 is 15.0 Å². The smallest absolute Gasteiger partial charge is 0.0495 e. The van der Waals surface area contributed by atoms with Crippen LogP contribution in [0.5, 0.6) is 0 Å². The molecule has 0 aromatic rings. The van der Waals surface area contributed by atoms with E-state index < -0.39 is 0 Å². The number of hydrogen-bond donors (Lipinski definition) is 1. The highest BCUT2D eigenvalue weighted by Gasteiger charge is 2.25. The van der Waals surface area contributed by atoms with E-state index in [4.69, 9.17) is 4.74 Å². The molecule has 0 bridgehead atoms. The summed E-state index contributed by atoms with van der Waals surface area (Å²) in [7, 11) is 0.